The molecule has 18 heavy (non-hydrogen) atoms. The highest BCUT2D eigenvalue weighted by Crippen LogP contribution is 2.20. The Hall–Kier alpha value is -0.660. The van der Waals surface area contributed by atoms with E-state index >= 15 is 0 Å². The summed E-state index contributed by atoms with van der Waals surface area (Å²) in [5.41, 5.74) is 0. The highest BCUT2D eigenvalue weighted by Gasteiger charge is 2.31. The number of hydrogen-bond acceptors (Lipinski definition) is 5. The molecule has 7 heteroatoms. The lowest BCUT2D eigenvalue weighted by Gasteiger charge is -2.34. The van der Waals surface area contributed by atoms with Crippen LogP contribution in [-0.2, 0) is 19.6 Å². The van der Waals surface area contributed by atoms with E-state index in [0.29, 0.717) is 26.1 Å². The number of ether oxygens (including phenoxy) is 1. The van der Waals surface area contributed by atoms with Crippen molar-refractivity contribution in [2.24, 2.45) is 0 Å². The molecule has 0 aromatic heterocycles. The smallest absolute Gasteiger partial charge is 0.302 e. The molecule has 0 radical (unpaired) electrons. The van der Waals surface area contributed by atoms with Crippen LogP contribution >= 0.6 is 0 Å². The number of quaternary nitrogens is 1. The summed E-state index contributed by atoms with van der Waals surface area (Å²) in [4.78, 5) is 10.7. The normalized spacial score (nSPS) is 18.8. The molecule has 0 aromatic carbocycles. The van der Waals surface area contributed by atoms with E-state index in [1.54, 1.807) is 0 Å². The zero-order valence-electron chi connectivity index (χ0n) is 10.8. The van der Waals surface area contributed by atoms with Gasteiger partial charge in [-0.1, -0.05) is 0 Å². The van der Waals surface area contributed by atoms with Crippen LogP contribution in [0.15, 0.2) is 0 Å². The fourth-order valence-corrected chi connectivity index (χ4v) is 3.01. The van der Waals surface area contributed by atoms with Crippen molar-refractivity contribution in [3.63, 3.8) is 0 Å². The number of nitrogens with zero attached hydrogens (tertiary/aromatic N) is 1. The van der Waals surface area contributed by atoms with Gasteiger partial charge in [-0.05, 0) is 0 Å². The van der Waals surface area contributed by atoms with Crippen LogP contribution < -0.4 is 0 Å². The third kappa shape index (κ3) is 5.79. The van der Waals surface area contributed by atoms with E-state index in [0.717, 1.165) is 30.4 Å². The number of hydrogen-bond donors (Lipinski definition) is 0. The number of carbonyl (C=O) groups is 1. The molecule has 0 aliphatic carbocycles. The molecule has 0 aromatic rings. The maximum absolute atomic E-state index is 10.7. The largest absolute Gasteiger partial charge is 0.748 e. The molecule has 1 saturated heterocycles. The molecule has 6 nitrogen and oxygen atoms in total. The molecule has 0 amide bonds. The molecular formula is C11H21NO5S. The molecular weight excluding hydrogens is 258 g/mol. The van der Waals surface area contributed by atoms with Crippen LogP contribution in [0, 0.1) is 0 Å². The summed E-state index contributed by atoms with van der Waals surface area (Å²) in [5.74, 6) is -0.602. The molecule has 1 aliphatic rings. The number of rotatable bonds is 7. The summed E-state index contributed by atoms with van der Waals surface area (Å²) in [5, 5.41) is 0. The second-order valence-corrected chi connectivity index (χ2v) is 6.42. The first-order chi connectivity index (χ1) is 8.33. The van der Waals surface area contributed by atoms with Crippen molar-refractivity contribution in [3.8, 4) is 0 Å². The molecule has 0 saturated carbocycles. The van der Waals surface area contributed by atoms with E-state index in [4.69, 9.17) is 4.74 Å². The Balaban J connectivity index is 2.40. The van der Waals surface area contributed by atoms with E-state index < -0.39 is 10.1 Å². The number of carbonyl (C=O) groups excluding carboxylic acids is 1. The Bertz CT molecular complexity index is 373. The highest BCUT2D eigenvalue weighted by atomic mass is 32.2. The first-order valence-electron chi connectivity index (χ1n) is 6.25. The lowest BCUT2D eigenvalue weighted by atomic mass is 10.3. The average molecular weight is 279 g/mol. The maximum Gasteiger partial charge on any atom is 0.302 e. The third-order valence-corrected chi connectivity index (χ3v) is 4.20. The van der Waals surface area contributed by atoms with Crippen molar-refractivity contribution in [2.75, 3.05) is 38.5 Å². The summed E-state index contributed by atoms with van der Waals surface area (Å²) in [6, 6.07) is 0. The molecule has 0 N–H and O–H groups in total. The predicted octanol–water partition coefficient (Wildman–Crippen LogP) is 0.0954. The van der Waals surface area contributed by atoms with Gasteiger partial charge in [0.15, 0.2) is 0 Å². The van der Waals surface area contributed by atoms with Gasteiger partial charge in [-0.3, -0.25) is 4.79 Å². The summed E-state index contributed by atoms with van der Waals surface area (Å²) < 4.78 is 37.5. The summed E-state index contributed by atoms with van der Waals surface area (Å²) >= 11 is 0. The summed E-state index contributed by atoms with van der Waals surface area (Å²) in [6.45, 7) is 5.05. The monoisotopic (exact) mass is 279 g/mol. The van der Waals surface area contributed by atoms with E-state index in [1.165, 1.54) is 6.92 Å². The first-order valence-corrected chi connectivity index (χ1v) is 7.83. The van der Waals surface area contributed by atoms with Crippen molar-refractivity contribution < 1.29 is 27.0 Å². The van der Waals surface area contributed by atoms with E-state index in [2.05, 4.69) is 0 Å². The Morgan fingerprint density at radius 2 is 1.89 bits per heavy atom. The second-order valence-electron chi connectivity index (χ2n) is 4.90. The zero-order chi connectivity index (χ0) is 13.6. The molecule has 106 valence electrons. The van der Waals surface area contributed by atoms with Gasteiger partial charge in [-0.15, -0.1) is 0 Å². The van der Waals surface area contributed by atoms with E-state index in [9.17, 15) is 17.8 Å². The van der Waals surface area contributed by atoms with Crippen LogP contribution in [0.5, 0.6) is 0 Å². The Labute approximate surface area is 108 Å². The van der Waals surface area contributed by atoms with Crippen molar-refractivity contribution in [1.82, 2.24) is 0 Å². The van der Waals surface area contributed by atoms with Gasteiger partial charge in [-0.25, -0.2) is 8.42 Å². The lowest BCUT2D eigenvalue weighted by Crippen LogP contribution is -2.48. The average Bonchev–Trinajstić information content (AvgIpc) is 2.64. The minimum Gasteiger partial charge on any atom is -0.748 e. The van der Waals surface area contributed by atoms with Gasteiger partial charge in [0.05, 0.1) is 29.8 Å². The molecule has 0 bridgehead atoms. The summed E-state index contributed by atoms with van der Waals surface area (Å²) in [7, 11) is -4.12. The predicted molar refractivity (Wildman–Crippen MR) is 64.8 cm³/mol. The van der Waals surface area contributed by atoms with Crippen LogP contribution in [0.1, 0.15) is 26.2 Å². The number of likely N-dealkylation sites (tertiary alicyclic amines) is 1. The van der Waals surface area contributed by atoms with Gasteiger partial charge in [0.1, 0.15) is 13.2 Å². The first kappa shape index (κ1) is 15.4. The van der Waals surface area contributed by atoms with Gasteiger partial charge < -0.3 is 13.8 Å². The van der Waals surface area contributed by atoms with Crippen molar-refractivity contribution in [3.05, 3.63) is 0 Å². The Kier molecular flexibility index (Phi) is 5.55. The SMILES string of the molecule is CC(=O)OCC[N+]1(CCCS(=O)(=O)[O-])CCCC1. The fraction of sp³-hybridized carbons (Fsp3) is 0.909. The Morgan fingerprint density at radius 1 is 1.28 bits per heavy atom. The quantitative estimate of drug-likeness (QED) is 0.375. The van der Waals surface area contributed by atoms with Crippen molar-refractivity contribution >= 4 is 16.1 Å². The molecule has 1 heterocycles. The van der Waals surface area contributed by atoms with Crippen LogP contribution in [0.3, 0.4) is 0 Å². The van der Waals surface area contributed by atoms with Crippen molar-refractivity contribution in [2.45, 2.75) is 26.2 Å². The van der Waals surface area contributed by atoms with Crippen LogP contribution in [0.25, 0.3) is 0 Å². The third-order valence-electron chi connectivity index (χ3n) is 3.41. The van der Waals surface area contributed by atoms with E-state index in [-0.39, 0.29) is 11.7 Å². The molecule has 1 fully saturated rings. The molecule has 1 aliphatic heterocycles. The Morgan fingerprint density at radius 3 is 2.39 bits per heavy atom. The van der Waals surface area contributed by atoms with Gasteiger partial charge in [0.25, 0.3) is 0 Å². The fourth-order valence-electron chi connectivity index (χ4n) is 2.53. The minimum absolute atomic E-state index is 0.297. The summed E-state index contributed by atoms with van der Waals surface area (Å²) in [6.07, 6.45) is 2.58. The van der Waals surface area contributed by atoms with Crippen molar-refractivity contribution in [1.29, 1.82) is 0 Å². The van der Waals surface area contributed by atoms with Gasteiger partial charge in [0.2, 0.25) is 0 Å². The second kappa shape index (κ2) is 6.49. The van der Waals surface area contributed by atoms with Crippen LogP contribution in [0.4, 0.5) is 0 Å². The molecule has 0 spiro atoms. The topological polar surface area (TPSA) is 83.5 Å². The van der Waals surface area contributed by atoms with Gasteiger partial charge >= 0.3 is 5.97 Å². The molecule has 0 atom stereocenters. The van der Waals surface area contributed by atoms with Crippen LogP contribution in [-0.4, -0.2) is 62.0 Å². The van der Waals surface area contributed by atoms with Crippen LogP contribution in [0.2, 0.25) is 0 Å². The molecule has 0 unspecified atom stereocenters. The maximum atomic E-state index is 10.7. The zero-order valence-corrected chi connectivity index (χ0v) is 11.6. The van der Waals surface area contributed by atoms with E-state index in [1.807, 2.05) is 0 Å². The minimum atomic E-state index is -4.12. The highest BCUT2D eigenvalue weighted by molar-refractivity contribution is 7.85. The molecule has 1 rings (SSSR count). The van der Waals surface area contributed by atoms with Gasteiger partial charge in [0, 0.05) is 31.9 Å². The standard InChI is InChI=1S/C11H21NO5S/c1-11(13)17-9-8-12(5-2-3-6-12)7-4-10-18(14,15)16/h2-10H2,1H3. The number of esters is 1. The lowest BCUT2D eigenvalue weighted by molar-refractivity contribution is -0.916. The van der Waals surface area contributed by atoms with Gasteiger partial charge in [-0.2, -0.15) is 0 Å².